The maximum absolute atomic E-state index is 13.9. The van der Waals surface area contributed by atoms with E-state index in [0.717, 1.165) is 32.2 Å². The van der Waals surface area contributed by atoms with Gasteiger partial charge in [0.1, 0.15) is 30.8 Å². The fraction of sp³-hybridized carbons (Fsp3) is 0.444. The van der Waals surface area contributed by atoms with Crippen molar-refractivity contribution in [1.29, 1.82) is 0 Å². The highest BCUT2D eigenvalue weighted by atomic mass is 32.1. The minimum absolute atomic E-state index is 0.204. The summed E-state index contributed by atoms with van der Waals surface area (Å²) in [4.78, 5) is 20.6. The second-order valence-electron chi connectivity index (χ2n) is 6.52. The Bertz CT molecular complexity index is 896. The molecule has 0 atom stereocenters. The van der Waals surface area contributed by atoms with E-state index in [9.17, 15) is 13.6 Å². The molecule has 1 aromatic heterocycles. The molecule has 0 spiro atoms. The van der Waals surface area contributed by atoms with E-state index < -0.39 is 11.6 Å². The van der Waals surface area contributed by atoms with E-state index in [0.29, 0.717) is 36.1 Å². The molecule has 1 saturated heterocycles. The van der Waals surface area contributed by atoms with Gasteiger partial charge in [-0.1, -0.05) is 11.3 Å². The highest BCUT2D eigenvalue weighted by Crippen LogP contribution is 2.31. The van der Waals surface area contributed by atoms with Crippen molar-refractivity contribution >= 4 is 32.6 Å². The molecule has 4 rings (SSSR count). The number of carbonyl (C=O) groups excluding carboxylic acids is 1. The van der Waals surface area contributed by atoms with Crippen LogP contribution in [0.3, 0.4) is 0 Å². The Morgan fingerprint density at radius 1 is 1.21 bits per heavy atom. The Hall–Kier alpha value is -2.46. The minimum atomic E-state index is -0.630. The molecule has 0 saturated carbocycles. The van der Waals surface area contributed by atoms with Crippen molar-refractivity contribution in [1.82, 2.24) is 15.2 Å². The van der Waals surface area contributed by atoms with Crippen molar-refractivity contribution in [2.45, 2.75) is 0 Å². The van der Waals surface area contributed by atoms with Crippen molar-refractivity contribution in [3.63, 3.8) is 0 Å². The van der Waals surface area contributed by atoms with Crippen LogP contribution in [0.25, 0.3) is 10.2 Å². The number of aromatic nitrogens is 1. The number of rotatable bonds is 5. The third-order valence-electron chi connectivity index (χ3n) is 4.63. The van der Waals surface area contributed by atoms with Gasteiger partial charge in [0.25, 0.3) is 5.91 Å². The van der Waals surface area contributed by atoms with Gasteiger partial charge < -0.3 is 19.7 Å². The number of nitrogens with one attached hydrogen (secondary N) is 1. The summed E-state index contributed by atoms with van der Waals surface area (Å²) in [6.45, 7) is 5.12. The Kier molecular flexibility index (Phi) is 5.58. The molecule has 7 nitrogen and oxygen atoms in total. The van der Waals surface area contributed by atoms with Crippen molar-refractivity contribution in [3.8, 4) is 0 Å². The number of halogens is 2. The van der Waals surface area contributed by atoms with Gasteiger partial charge in [0.2, 0.25) is 5.76 Å². The minimum Gasteiger partial charge on any atom is -0.494 e. The number of amides is 1. The molecule has 0 radical (unpaired) electrons. The second kappa shape index (κ2) is 8.27. The van der Waals surface area contributed by atoms with Gasteiger partial charge in [-0.15, -0.1) is 0 Å². The Morgan fingerprint density at radius 2 is 2.04 bits per heavy atom. The van der Waals surface area contributed by atoms with Gasteiger partial charge in [-0.3, -0.25) is 9.69 Å². The van der Waals surface area contributed by atoms with Crippen molar-refractivity contribution < 1.29 is 23.0 Å². The number of hydrogen-bond acceptors (Lipinski definition) is 7. The lowest BCUT2D eigenvalue weighted by atomic mass is 10.3. The molecule has 28 heavy (non-hydrogen) atoms. The maximum Gasteiger partial charge on any atom is 0.289 e. The summed E-state index contributed by atoms with van der Waals surface area (Å²) in [7, 11) is 0. The van der Waals surface area contributed by atoms with Gasteiger partial charge in [0.05, 0.1) is 4.70 Å². The van der Waals surface area contributed by atoms with Crippen LogP contribution in [0.15, 0.2) is 24.2 Å². The SMILES string of the molecule is O=C(NCCN1CCN(c2nc3c(F)cc(F)cc3s2)CC1)C1=COCCO1. The molecule has 2 aliphatic heterocycles. The van der Waals surface area contributed by atoms with Crippen LogP contribution in [0, 0.1) is 11.6 Å². The number of hydrogen-bond donors (Lipinski definition) is 1. The zero-order valence-electron chi connectivity index (χ0n) is 15.1. The normalized spacial score (nSPS) is 17.8. The molecule has 2 aliphatic rings. The average Bonchev–Trinajstić information content (AvgIpc) is 3.13. The van der Waals surface area contributed by atoms with E-state index in [2.05, 4.69) is 20.1 Å². The Labute approximate surface area is 164 Å². The lowest BCUT2D eigenvalue weighted by Crippen LogP contribution is -2.48. The van der Waals surface area contributed by atoms with Crippen LogP contribution >= 0.6 is 11.3 Å². The first-order valence-electron chi connectivity index (χ1n) is 9.06. The van der Waals surface area contributed by atoms with Gasteiger partial charge >= 0.3 is 0 Å². The van der Waals surface area contributed by atoms with Crippen LogP contribution in [-0.2, 0) is 14.3 Å². The first-order chi connectivity index (χ1) is 13.6. The molecule has 1 N–H and O–H groups in total. The van der Waals surface area contributed by atoms with E-state index in [1.807, 2.05) is 0 Å². The average molecular weight is 410 g/mol. The highest BCUT2D eigenvalue weighted by molar-refractivity contribution is 7.22. The van der Waals surface area contributed by atoms with Crippen LogP contribution < -0.4 is 10.2 Å². The smallest absolute Gasteiger partial charge is 0.289 e. The summed E-state index contributed by atoms with van der Waals surface area (Å²) >= 11 is 1.30. The number of carbonyl (C=O) groups is 1. The summed E-state index contributed by atoms with van der Waals surface area (Å²) in [6.07, 6.45) is 1.34. The quantitative estimate of drug-likeness (QED) is 0.810. The summed E-state index contributed by atoms with van der Waals surface area (Å²) in [5.41, 5.74) is 0.217. The van der Waals surface area contributed by atoms with Crippen LogP contribution in [0.1, 0.15) is 0 Å². The van der Waals surface area contributed by atoms with Gasteiger partial charge in [-0.25, -0.2) is 13.8 Å². The van der Waals surface area contributed by atoms with Gasteiger partial charge in [0, 0.05) is 45.3 Å². The van der Waals surface area contributed by atoms with Gasteiger partial charge in [0.15, 0.2) is 10.9 Å². The number of anilines is 1. The highest BCUT2D eigenvalue weighted by Gasteiger charge is 2.21. The fourth-order valence-corrected chi connectivity index (χ4v) is 4.20. The molecule has 3 heterocycles. The van der Waals surface area contributed by atoms with Crippen LogP contribution in [0.2, 0.25) is 0 Å². The summed E-state index contributed by atoms with van der Waals surface area (Å²) in [5, 5.41) is 3.52. The first-order valence-corrected chi connectivity index (χ1v) is 9.87. The first kappa shape index (κ1) is 18.9. The van der Waals surface area contributed by atoms with Gasteiger partial charge in [-0.05, 0) is 6.07 Å². The fourth-order valence-electron chi connectivity index (χ4n) is 3.15. The summed E-state index contributed by atoms with van der Waals surface area (Å²) in [6, 6.07) is 2.17. The third kappa shape index (κ3) is 4.17. The van der Waals surface area contributed by atoms with Crippen LogP contribution in [0.5, 0.6) is 0 Å². The van der Waals surface area contributed by atoms with Crippen LogP contribution in [0.4, 0.5) is 13.9 Å². The summed E-state index contributed by atoms with van der Waals surface area (Å²) in [5.74, 6) is -1.29. The number of nitrogens with zero attached hydrogens (tertiary/aromatic N) is 3. The molecule has 2 aromatic rings. The van der Waals surface area contributed by atoms with E-state index in [1.165, 1.54) is 23.7 Å². The summed E-state index contributed by atoms with van der Waals surface area (Å²) < 4.78 is 38.0. The zero-order chi connectivity index (χ0) is 19.5. The molecule has 10 heteroatoms. The second-order valence-corrected chi connectivity index (χ2v) is 7.53. The molecule has 0 aliphatic carbocycles. The standard InChI is InChI=1S/C18H20F2N4O3S/c19-12-9-13(20)16-15(10-12)28-18(22-16)24-5-3-23(4-6-24)2-1-21-17(25)14-11-26-7-8-27-14/h9-11H,1-8H2,(H,21,25). The number of benzene rings is 1. The van der Waals surface area contributed by atoms with E-state index in [4.69, 9.17) is 9.47 Å². The molecular formula is C18H20F2N4O3S. The maximum atomic E-state index is 13.9. The topological polar surface area (TPSA) is 66.9 Å². The number of fused-ring (bicyclic) bond motifs is 1. The molecule has 1 aromatic carbocycles. The van der Waals surface area contributed by atoms with Crippen molar-refractivity contribution in [3.05, 3.63) is 35.8 Å². The molecule has 1 amide bonds. The molecule has 0 bridgehead atoms. The number of piperazine rings is 1. The van der Waals surface area contributed by atoms with E-state index in [1.54, 1.807) is 0 Å². The van der Waals surface area contributed by atoms with Gasteiger partial charge in [-0.2, -0.15) is 0 Å². The number of ether oxygens (including phenoxy) is 2. The molecule has 1 fully saturated rings. The monoisotopic (exact) mass is 410 g/mol. The molecule has 0 unspecified atom stereocenters. The predicted octanol–water partition coefficient (Wildman–Crippen LogP) is 1.70. The lowest BCUT2D eigenvalue weighted by molar-refractivity contribution is -0.122. The predicted molar refractivity (Wildman–Crippen MR) is 101 cm³/mol. The van der Waals surface area contributed by atoms with Crippen molar-refractivity contribution in [2.75, 3.05) is 57.4 Å². The number of thiazole rings is 1. The zero-order valence-corrected chi connectivity index (χ0v) is 15.9. The Morgan fingerprint density at radius 3 is 2.79 bits per heavy atom. The third-order valence-corrected chi connectivity index (χ3v) is 5.69. The molecule has 150 valence electrons. The largest absolute Gasteiger partial charge is 0.494 e. The van der Waals surface area contributed by atoms with E-state index in [-0.39, 0.29) is 17.2 Å². The lowest BCUT2D eigenvalue weighted by Gasteiger charge is -2.34. The van der Waals surface area contributed by atoms with Crippen LogP contribution in [-0.4, -0.2) is 68.3 Å². The molecular weight excluding hydrogens is 390 g/mol. The van der Waals surface area contributed by atoms with Crippen molar-refractivity contribution in [2.24, 2.45) is 0 Å². The Balaban J connectivity index is 1.26. The van der Waals surface area contributed by atoms with E-state index >= 15 is 0 Å².